The molecule has 1 aliphatic heterocycles. The van der Waals surface area contributed by atoms with Gasteiger partial charge in [-0.05, 0) is 38.9 Å². The molecule has 0 aliphatic carbocycles. The van der Waals surface area contributed by atoms with Gasteiger partial charge in [0.2, 0.25) is 0 Å². The SMILES string of the molecule is Cc1ccc(C(=O)NC2(C)CCNC2)c(=O)[nH]1. The zero-order chi connectivity index (χ0) is 12.5. The van der Waals surface area contributed by atoms with Gasteiger partial charge < -0.3 is 15.6 Å². The van der Waals surface area contributed by atoms with Crippen LogP contribution in [0.25, 0.3) is 0 Å². The number of rotatable bonds is 2. The van der Waals surface area contributed by atoms with Crippen LogP contribution in [0.4, 0.5) is 0 Å². The van der Waals surface area contributed by atoms with E-state index in [2.05, 4.69) is 15.6 Å². The van der Waals surface area contributed by atoms with Gasteiger partial charge in [0.25, 0.3) is 11.5 Å². The quantitative estimate of drug-likeness (QED) is 0.684. The van der Waals surface area contributed by atoms with Gasteiger partial charge in [-0.2, -0.15) is 0 Å². The van der Waals surface area contributed by atoms with E-state index in [-0.39, 0.29) is 22.6 Å². The molecule has 92 valence electrons. The predicted molar refractivity (Wildman–Crippen MR) is 65.2 cm³/mol. The van der Waals surface area contributed by atoms with Crippen molar-refractivity contribution in [3.8, 4) is 0 Å². The van der Waals surface area contributed by atoms with E-state index in [0.29, 0.717) is 0 Å². The predicted octanol–water partition coefficient (Wildman–Crippen LogP) is 0.165. The lowest BCUT2D eigenvalue weighted by Crippen LogP contribution is -2.48. The van der Waals surface area contributed by atoms with Crippen LogP contribution in [-0.2, 0) is 0 Å². The Hall–Kier alpha value is -1.62. The van der Waals surface area contributed by atoms with Gasteiger partial charge in [-0.1, -0.05) is 0 Å². The number of aromatic amines is 1. The molecule has 5 nitrogen and oxygen atoms in total. The van der Waals surface area contributed by atoms with Crippen molar-refractivity contribution in [2.24, 2.45) is 0 Å². The second-order valence-corrected chi connectivity index (χ2v) is 4.83. The average Bonchev–Trinajstić information content (AvgIpc) is 2.64. The maximum absolute atomic E-state index is 12.0. The normalized spacial score (nSPS) is 23.6. The molecule has 5 heteroatoms. The van der Waals surface area contributed by atoms with Crippen LogP contribution in [0.15, 0.2) is 16.9 Å². The van der Waals surface area contributed by atoms with Gasteiger partial charge in [-0.3, -0.25) is 9.59 Å². The molecule has 17 heavy (non-hydrogen) atoms. The molecule has 3 N–H and O–H groups in total. The minimum absolute atomic E-state index is 0.170. The topological polar surface area (TPSA) is 74.0 Å². The third kappa shape index (κ3) is 2.55. The zero-order valence-corrected chi connectivity index (χ0v) is 10.1. The summed E-state index contributed by atoms with van der Waals surface area (Å²) in [5.41, 5.74) is 0.329. The van der Waals surface area contributed by atoms with Crippen molar-refractivity contribution < 1.29 is 4.79 Å². The van der Waals surface area contributed by atoms with Gasteiger partial charge >= 0.3 is 0 Å². The molecule has 1 fully saturated rings. The van der Waals surface area contributed by atoms with E-state index in [0.717, 1.165) is 25.2 Å². The molecule has 0 aromatic carbocycles. The van der Waals surface area contributed by atoms with E-state index in [1.54, 1.807) is 19.1 Å². The zero-order valence-electron chi connectivity index (χ0n) is 10.1. The molecule has 0 spiro atoms. The molecule has 0 radical (unpaired) electrons. The summed E-state index contributed by atoms with van der Waals surface area (Å²) >= 11 is 0. The Balaban J connectivity index is 2.17. The number of nitrogens with one attached hydrogen (secondary N) is 3. The molecule has 0 bridgehead atoms. The van der Waals surface area contributed by atoms with Crippen molar-refractivity contribution in [3.63, 3.8) is 0 Å². The summed E-state index contributed by atoms with van der Waals surface area (Å²) in [4.78, 5) is 26.2. The molecule has 2 heterocycles. The summed E-state index contributed by atoms with van der Waals surface area (Å²) in [6.07, 6.45) is 0.877. The summed E-state index contributed by atoms with van der Waals surface area (Å²) in [6, 6.07) is 3.29. The number of amides is 1. The van der Waals surface area contributed by atoms with Crippen molar-refractivity contribution in [2.45, 2.75) is 25.8 Å². The largest absolute Gasteiger partial charge is 0.345 e. The molecule has 2 rings (SSSR count). The van der Waals surface area contributed by atoms with Crippen molar-refractivity contribution >= 4 is 5.91 Å². The van der Waals surface area contributed by atoms with Gasteiger partial charge in [0.05, 0.1) is 5.54 Å². The van der Waals surface area contributed by atoms with Gasteiger partial charge in [0.15, 0.2) is 0 Å². The second-order valence-electron chi connectivity index (χ2n) is 4.83. The van der Waals surface area contributed by atoms with Crippen LogP contribution >= 0.6 is 0 Å². The number of hydrogen-bond acceptors (Lipinski definition) is 3. The number of pyridine rings is 1. The number of hydrogen-bond donors (Lipinski definition) is 3. The highest BCUT2D eigenvalue weighted by atomic mass is 16.2. The van der Waals surface area contributed by atoms with Crippen LogP contribution in [0.1, 0.15) is 29.4 Å². The smallest absolute Gasteiger partial charge is 0.260 e. The fourth-order valence-electron chi connectivity index (χ4n) is 2.02. The first-order valence-corrected chi connectivity index (χ1v) is 5.73. The van der Waals surface area contributed by atoms with E-state index in [9.17, 15) is 9.59 Å². The van der Waals surface area contributed by atoms with E-state index in [4.69, 9.17) is 0 Å². The third-order valence-corrected chi connectivity index (χ3v) is 3.08. The molecule has 1 amide bonds. The average molecular weight is 235 g/mol. The number of aromatic nitrogens is 1. The Labute approximate surface area is 99.6 Å². The number of carbonyl (C=O) groups excluding carboxylic acids is 1. The van der Waals surface area contributed by atoms with Crippen LogP contribution in [0.2, 0.25) is 0 Å². The Bertz CT molecular complexity index is 487. The van der Waals surface area contributed by atoms with Gasteiger partial charge in [0.1, 0.15) is 5.56 Å². The fraction of sp³-hybridized carbons (Fsp3) is 0.500. The minimum atomic E-state index is -0.336. The Morgan fingerprint density at radius 1 is 1.47 bits per heavy atom. The first-order valence-electron chi connectivity index (χ1n) is 5.73. The maximum atomic E-state index is 12.0. The Morgan fingerprint density at radius 2 is 2.24 bits per heavy atom. The summed E-state index contributed by atoms with van der Waals surface area (Å²) in [5, 5.41) is 6.10. The number of aryl methyl sites for hydroxylation is 1. The summed E-state index contributed by atoms with van der Waals surface area (Å²) in [5.74, 6) is -0.308. The van der Waals surface area contributed by atoms with Crippen molar-refractivity contribution in [1.82, 2.24) is 15.6 Å². The van der Waals surface area contributed by atoms with Gasteiger partial charge in [-0.25, -0.2) is 0 Å². The van der Waals surface area contributed by atoms with Crippen LogP contribution in [0.5, 0.6) is 0 Å². The molecular formula is C12H17N3O2. The van der Waals surface area contributed by atoms with Crippen molar-refractivity contribution in [2.75, 3.05) is 13.1 Å². The Kier molecular flexibility index (Phi) is 3.02. The molecule has 1 saturated heterocycles. The highest BCUT2D eigenvalue weighted by Crippen LogP contribution is 2.13. The Morgan fingerprint density at radius 3 is 2.82 bits per heavy atom. The number of carbonyl (C=O) groups is 1. The monoisotopic (exact) mass is 235 g/mol. The lowest BCUT2D eigenvalue weighted by atomic mass is 10.0. The highest BCUT2D eigenvalue weighted by Gasteiger charge is 2.30. The van der Waals surface area contributed by atoms with E-state index < -0.39 is 0 Å². The van der Waals surface area contributed by atoms with Crippen molar-refractivity contribution in [3.05, 3.63) is 33.7 Å². The lowest BCUT2D eigenvalue weighted by molar-refractivity contribution is 0.0911. The molecule has 1 aliphatic rings. The van der Waals surface area contributed by atoms with Crippen LogP contribution < -0.4 is 16.2 Å². The molecule has 1 unspecified atom stereocenters. The molecule has 0 saturated carbocycles. The van der Waals surface area contributed by atoms with Gasteiger partial charge in [-0.15, -0.1) is 0 Å². The summed E-state index contributed by atoms with van der Waals surface area (Å²) in [7, 11) is 0. The van der Waals surface area contributed by atoms with E-state index in [1.165, 1.54) is 0 Å². The van der Waals surface area contributed by atoms with Crippen LogP contribution in [-0.4, -0.2) is 29.5 Å². The maximum Gasteiger partial charge on any atom is 0.260 e. The van der Waals surface area contributed by atoms with Crippen LogP contribution in [0, 0.1) is 6.92 Å². The first kappa shape index (κ1) is 11.9. The molecule has 1 aromatic rings. The third-order valence-electron chi connectivity index (χ3n) is 3.08. The van der Waals surface area contributed by atoms with Crippen LogP contribution in [0.3, 0.4) is 0 Å². The summed E-state index contributed by atoms with van der Waals surface area (Å²) in [6.45, 7) is 5.39. The fourth-order valence-corrected chi connectivity index (χ4v) is 2.02. The highest BCUT2D eigenvalue weighted by molar-refractivity contribution is 5.94. The molecule has 1 atom stereocenters. The molecular weight excluding hydrogens is 218 g/mol. The summed E-state index contributed by atoms with van der Waals surface area (Å²) < 4.78 is 0. The van der Waals surface area contributed by atoms with E-state index in [1.807, 2.05) is 6.92 Å². The standard InChI is InChI=1S/C12H17N3O2/c1-8-3-4-9(10(16)14-8)11(17)15-12(2)5-6-13-7-12/h3-4,13H,5-7H2,1-2H3,(H,14,16)(H,15,17). The lowest BCUT2D eigenvalue weighted by Gasteiger charge is -2.24. The minimum Gasteiger partial charge on any atom is -0.345 e. The van der Waals surface area contributed by atoms with Gasteiger partial charge in [0, 0.05) is 12.2 Å². The molecule has 1 aromatic heterocycles. The second kappa shape index (κ2) is 4.33. The van der Waals surface area contributed by atoms with Crippen molar-refractivity contribution in [1.29, 1.82) is 0 Å². The first-order chi connectivity index (χ1) is 8.00. The number of H-pyrrole nitrogens is 1. The van der Waals surface area contributed by atoms with E-state index >= 15 is 0 Å².